The molecule has 0 aliphatic carbocycles. The third-order valence-corrected chi connectivity index (χ3v) is 6.14. The molecule has 0 amide bonds. The van der Waals surface area contributed by atoms with Gasteiger partial charge in [0.25, 0.3) is 0 Å². The second-order valence-corrected chi connectivity index (χ2v) is 8.05. The Morgan fingerprint density at radius 3 is 1.11 bits per heavy atom. The smallest absolute Gasteiger partial charge is 0.236 e. The highest BCUT2D eigenvalue weighted by atomic mass is 31.1. The Labute approximate surface area is 159 Å². The van der Waals surface area contributed by atoms with Crippen molar-refractivity contribution >= 4 is 58.1 Å². The van der Waals surface area contributed by atoms with Gasteiger partial charge in [0, 0.05) is 0 Å². The van der Waals surface area contributed by atoms with Crippen molar-refractivity contribution in [3.05, 3.63) is 72.8 Å². The predicted octanol–water partition coefficient (Wildman–Crippen LogP) is 3.87. The summed E-state index contributed by atoms with van der Waals surface area (Å²) in [6, 6.07) is 22.9. The van der Waals surface area contributed by atoms with Gasteiger partial charge in [0.05, 0.1) is 0 Å². The van der Waals surface area contributed by atoms with E-state index in [0.717, 1.165) is 16.6 Å². The fourth-order valence-corrected chi connectivity index (χ4v) is 4.80. The average molecular weight is 385 g/mol. The largest absolute Gasteiger partial charge is 0.436 e. The van der Waals surface area contributed by atoms with Gasteiger partial charge in [0.2, 0.25) is 16.9 Å². The van der Waals surface area contributed by atoms with E-state index in [-0.39, 0.29) is 0 Å². The van der Waals surface area contributed by atoms with Crippen molar-refractivity contribution < 1.29 is 13.3 Å². The summed E-state index contributed by atoms with van der Waals surface area (Å²) in [4.78, 5) is 14.0. The zero-order chi connectivity index (χ0) is 18.5. The highest BCUT2D eigenvalue weighted by Crippen LogP contribution is 2.35. The van der Waals surface area contributed by atoms with Gasteiger partial charge in [0.1, 0.15) is 16.6 Å². The van der Waals surface area contributed by atoms with Crippen molar-refractivity contribution in [2.24, 2.45) is 0 Å². The summed E-state index contributed by atoms with van der Waals surface area (Å²) >= 11 is 0. The molecule has 0 N–H and O–H groups in total. The molecule has 7 heteroatoms. The van der Waals surface area contributed by atoms with Crippen LogP contribution in [0.2, 0.25) is 0 Å². The molecular weight excluding hydrogens is 373 g/mol. The lowest BCUT2D eigenvalue weighted by atomic mass is 10.3. The van der Waals surface area contributed by atoms with Crippen molar-refractivity contribution in [2.75, 3.05) is 0 Å². The molecule has 0 spiro atoms. The third-order valence-electron chi connectivity index (χ3n) is 4.42. The Balaban J connectivity index is 1.60. The Morgan fingerprint density at radius 2 is 0.786 bits per heavy atom. The summed E-state index contributed by atoms with van der Waals surface area (Å²) in [5.74, 6) is 0. The number of rotatable bonds is 3. The average Bonchev–Trinajstić information content (AvgIpc) is 3.44. The predicted molar refractivity (Wildman–Crippen MR) is 108 cm³/mol. The quantitative estimate of drug-likeness (QED) is 0.431. The van der Waals surface area contributed by atoms with E-state index < -0.39 is 7.92 Å². The first-order valence-corrected chi connectivity index (χ1v) is 10.1. The van der Waals surface area contributed by atoms with Crippen molar-refractivity contribution in [1.82, 2.24) is 15.0 Å². The molecule has 0 saturated heterocycles. The molecule has 0 fully saturated rings. The standard InChI is InChI=1S/C21H12N3O3P/c1-4-10-16-13(7-1)22-19(25-16)28(20-23-14-8-2-5-11-17(14)26-20)21-24-15-9-3-6-12-18(15)27-21/h1-12H. The van der Waals surface area contributed by atoms with E-state index in [9.17, 15) is 0 Å². The van der Waals surface area contributed by atoms with Crippen LogP contribution < -0.4 is 16.9 Å². The van der Waals surface area contributed by atoms with E-state index in [4.69, 9.17) is 13.3 Å². The van der Waals surface area contributed by atoms with Gasteiger partial charge >= 0.3 is 0 Å². The molecule has 134 valence electrons. The van der Waals surface area contributed by atoms with E-state index in [2.05, 4.69) is 15.0 Å². The molecule has 6 nitrogen and oxygen atoms in total. The second kappa shape index (κ2) is 6.01. The van der Waals surface area contributed by atoms with Gasteiger partial charge < -0.3 is 13.3 Å². The molecule has 3 aromatic carbocycles. The van der Waals surface area contributed by atoms with Crippen LogP contribution in [0.3, 0.4) is 0 Å². The maximum absolute atomic E-state index is 6.05. The first-order valence-electron chi connectivity index (χ1n) is 8.72. The van der Waals surface area contributed by atoms with Crippen molar-refractivity contribution in [3.63, 3.8) is 0 Å². The molecule has 6 aromatic rings. The third kappa shape index (κ3) is 2.42. The summed E-state index contributed by atoms with van der Waals surface area (Å²) in [6.45, 7) is 0. The fraction of sp³-hybridized carbons (Fsp3) is 0. The maximum atomic E-state index is 6.05. The van der Waals surface area contributed by atoms with E-state index in [1.54, 1.807) is 0 Å². The molecule has 3 aromatic heterocycles. The van der Waals surface area contributed by atoms with Gasteiger partial charge in [-0.15, -0.1) is 0 Å². The normalized spacial score (nSPS) is 11.9. The van der Waals surface area contributed by atoms with Crippen LogP contribution in [0, 0.1) is 0 Å². The molecule has 6 rings (SSSR count). The lowest BCUT2D eigenvalue weighted by Crippen LogP contribution is -2.22. The summed E-state index contributed by atoms with van der Waals surface area (Å²) in [5.41, 5.74) is 5.93. The number of benzene rings is 3. The molecule has 0 atom stereocenters. The van der Waals surface area contributed by atoms with Crippen LogP contribution in [0.4, 0.5) is 0 Å². The number of fused-ring (bicyclic) bond motifs is 3. The minimum absolute atomic E-state index is 0.495. The topological polar surface area (TPSA) is 78.1 Å². The molecule has 0 unspecified atom stereocenters. The lowest BCUT2D eigenvalue weighted by molar-refractivity contribution is 0.623. The van der Waals surface area contributed by atoms with Crippen molar-refractivity contribution in [2.45, 2.75) is 0 Å². The SMILES string of the molecule is c1ccc2oc(P(c3nc4ccccc4o3)c3nc4ccccc4o3)nc2c1. The monoisotopic (exact) mass is 385 g/mol. The molecule has 0 aliphatic heterocycles. The van der Waals surface area contributed by atoms with Crippen LogP contribution in [0.5, 0.6) is 0 Å². The molecular formula is C21H12N3O3P. The Bertz CT molecular complexity index is 1170. The van der Waals surface area contributed by atoms with Gasteiger partial charge in [-0.05, 0) is 36.4 Å². The van der Waals surface area contributed by atoms with Crippen LogP contribution in [0.1, 0.15) is 0 Å². The zero-order valence-electron chi connectivity index (χ0n) is 14.4. The first kappa shape index (κ1) is 15.5. The zero-order valence-corrected chi connectivity index (χ0v) is 15.3. The van der Waals surface area contributed by atoms with E-state index >= 15 is 0 Å². The number of oxazole rings is 3. The van der Waals surface area contributed by atoms with Gasteiger partial charge in [-0.25, -0.2) is 15.0 Å². The molecule has 0 aliphatic rings. The van der Waals surface area contributed by atoms with Gasteiger partial charge in [-0.1, -0.05) is 36.4 Å². The van der Waals surface area contributed by atoms with E-state index in [1.165, 1.54) is 0 Å². The number of hydrogen-bond acceptors (Lipinski definition) is 6. The Hall–Kier alpha value is -3.50. The molecule has 28 heavy (non-hydrogen) atoms. The van der Waals surface area contributed by atoms with Crippen molar-refractivity contribution in [3.8, 4) is 0 Å². The molecule has 3 heterocycles. The minimum atomic E-state index is -1.42. The Kier molecular flexibility index (Phi) is 3.34. The van der Waals surface area contributed by atoms with Crippen LogP contribution in [0.15, 0.2) is 86.0 Å². The van der Waals surface area contributed by atoms with Crippen molar-refractivity contribution in [1.29, 1.82) is 0 Å². The highest BCUT2D eigenvalue weighted by molar-refractivity contribution is 7.78. The summed E-state index contributed by atoms with van der Waals surface area (Å²) in [5, 5.41) is 0. The summed E-state index contributed by atoms with van der Waals surface area (Å²) in [6.07, 6.45) is 0. The second-order valence-electron chi connectivity index (χ2n) is 6.23. The van der Waals surface area contributed by atoms with Crippen LogP contribution in [-0.4, -0.2) is 15.0 Å². The van der Waals surface area contributed by atoms with Gasteiger partial charge in [-0.2, -0.15) is 0 Å². The fourth-order valence-electron chi connectivity index (χ4n) is 3.11. The minimum Gasteiger partial charge on any atom is -0.436 e. The van der Waals surface area contributed by atoms with E-state index in [0.29, 0.717) is 33.6 Å². The molecule has 0 saturated carbocycles. The van der Waals surface area contributed by atoms with E-state index in [1.807, 2.05) is 72.8 Å². The van der Waals surface area contributed by atoms with Crippen LogP contribution in [0.25, 0.3) is 33.3 Å². The Morgan fingerprint density at radius 1 is 0.464 bits per heavy atom. The highest BCUT2D eigenvalue weighted by Gasteiger charge is 2.32. The van der Waals surface area contributed by atoms with Crippen LogP contribution in [-0.2, 0) is 0 Å². The number of hydrogen-bond donors (Lipinski definition) is 0. The number of para-hydroxylation sites is 6. The maximum Gasteiger partial charge on any atom is 0.236 e. The summed E-state index contributed by atoms with van der Waals surface area (Å²) < 4.78 is 18.1. The van der Waals surface area contributed by atoms with Gasteiger partial charge in [-0.3, -0.25) is 0 Å². The first-order chi connectivity index (χ1) is 13.8. The number of aromatic nitrogens is 3. The lowest BCUT2D eigenvalue weighted by Gasteiger charge is -2.04. The summed E-state index contributed by atoms with van der Waals surface area (Å²) in [7, 11) is -1.42. The van der Waals surface area contributed by atoms with Crippen LogP contribution >= 0.6 is 7.92 Å². The molecule has 0 radical (unpaired) electrons. The van der Waals surface area contributed by atoms with Gasteiger partial charge in [0.15, 0.2) is 24.7 Å². The number of nitrogens with zero attached hydrogens (tertiary/aromatic N) is 3. The molecule has 0 bridgehead atoms.